The highest BCUT2D eigenvalue weighted by Crippen LogP contribution is 2.30. The van der Waals surface area contributed by atoms with E-state index in [1.54, 1.807) is 19.1 Å². The van der Waals surface area contributed by atoms with Gasteiger partial charge in [0.2, 0.25) is 0 Å². The van der Waals surface area contributed by atoms with Crippen LogP contribution in [-0.4, -0.2) is 55.8 Å². The van der Waals surface area contributed by atoms with Crippen molar-refractivity contribution < 1.29 is 23.7 Å². The van der Waals surface area contributed by atoms with Crippen molar-refractivity contribution in [3.05, 3.63) is 35.9 Å². The van der Waals surface area contributed by atoms with Gasteiger partial charge in [-0.15, -0.1) is 0 Å². The van der Waals surface area contributed by atoms with Crippen molar-refractivity contribution in [3.8, 4) is 0 Å². The highest BCUT2D eigenvalue weighted by molar-refractivity contribution is 5.68. The molecular weight excluding hydrogens is 322 g/mol. The normalized spacial score (nSPS) is 20.4. The van der Waals surface area contributed by atoms with Gasteiger partial charge in [-0.25, -0.2) is 4.79 Å². The smallest absolute Gasteiger partial charge is 0.410 e. The van der Waals surface area contributed by atoms with Crippen LogP contribution in [0.5, 0.6) is 0 Å². The van der Waals surface area contributed by atoms with E-state index >= 15 is 0 Å². The minimum atomic E-state index is -0.868. The Morgan fingerprint density at radius 1 is 1.20 bits per heavy atom. The predicted octanol–water partition coefficient (Wildman–Crippen LogP) is 3.20. The number of nitrogens with zero attached hydrogens (tertiary/aromatic N) is 1. The number of methoxy groups -OCH3 is 2. The molecule has 1 aromatic carbocycles. The van der Waals surface area contributed by atoms with Gasteiger partial charge in [-0.2, -0.15) is 0 Å². The monoisotopic (exact) mass is 351 g/mol. The Kier molecular flexibility index (Phi) is 6.43. The molecule has 6 heteroatoms. The SMILES string of the molecule is COC1(OC)CCN(C(=O)OC(C)(C)C)CC1OCc1ccccc1. The van der Waals surface area contributed by atoms with Gasteiger partial charge in [0.1, 0.15) is 11.7 Å². The number of amides is 1. The van der Waals surface area contributed by atoms with Crippen molar-refractivity contribution in [2.75, 3.05) is 27.3 Å². The molecule has 25 heavy (non-hydrogen) atoms. The molecule has 1 aliphatic rings. The van der Waals surface area contributed by atoms with E-state index in [1.807, 2.05) is 51.1 Å². The van der Waals surface area contributed by atoms with Gasteiger partial charge in [0.15, 0.2) is 5.79 Å². The van der Waals surface area contributed by atoms with E-state index in [-0.39, 0.29) is 6.09 Å². The lowest BCUT2D eigenvalue weighted by molar-refractivity contribution is -0.289. The zero-order valence-electron chi connectivity index (χ0n) is 15.8. The minimum absolute atomic E-state index is 0.346. The number of hydrogen-bond acceptors (Lipinski definition) is 5. The molecule has 0 bridgehead atoms. The quantitative estimate of drug-likeness (QED) is 0.763. The van der Waals surface area contributed by atoms with E-state index in [4.69, 9.17) is 18.9 Å². The van der Waals surface area contributed by atoms with Gasteiger partial charge >= 0.3 is 6.09 Å². The maximum Gasteiger partial charge on any atom is 0.410 e. The summed E-state index contributed by atoms with van der Waals surface area (Å²) < 4.78 is 22.8. The third kappa shape index (κ3) is 5.17. The first-order valence-corrected chi connectivity index (χ1v) is 8.53. The van der Waals surface area contributed by atoms with E-state index in [9.17, 15) is 4.79 Å². The summed E-state index contributed by atoms with van der Waals surface area (Å²) in [4.78, 5) is 14.0. The Hall–Kier alpha value is -1.63. The fraction of sp³-hybridized carbons (Fsp3) is 0.632. The summed E-state index contributed by atoms with van der Waals surface area (Å²) in [6, 6.07) is 9.88. The Balaban J connectivity index is 2.08. The standard InChI is InChI=1S/C19H29NO5/c1-18(2,3)25-17(21)20-12-11-19(22-4,23-5)16(13-20)24-14-15-9-7-6-8-10-15/h6-10,16H,11-14H2,1-5H3. The second-order valence-electron chi connectivity index (χ2n) is 7.18. The lowest BCUT2D eigenvalue weighted by Crippen LogP contribution is -2.60. The van der Waals surface area contributed by atoms with Crippen molar-refractivity contribution in [1.82, 2.24) is 4.90 Å². The second kappa shape index (κ2) is 8.17. The van der Waals surface area contributed by atoms with Crippen LogP contribution in [0.15, 0.2) is 30.3 Å². The zero-order chi connectivity index (χ0) is 18.5. The van der Waals surface area contributed by atoms with Crippen LogP contribution in [-0.2, 0) is 25.6 Å². The number of carbonyl (C=O) groups excluding carboxylic acids is 1. The Morgan fingerprint density at radius 2 is 1.84 bits per heavy atom. The summed E-state index contributed by atoms with van der Waals surface area (Å²) in [7, 11) is 3.21. The molecule has 2 rings (SSSR count). The van der Waals surface area contributed by atoms with Gasteiger partial charge in [-0.3, -0.25) is 0 Å². The lowest BCUT2D eigenvalue weighted by Gasteiger charge is -2.45. The van der Waals surface area contributed by atoms with Crippen LogP contribution in [0.4, 0.5) is 4.79 Å². The predicted molar refractivity (Wildman–Crippen MR) is 94.2 cm³/mol. The highest BCUT2D eigenvalue weighted by atomic mass is 16.7. The van der Waals surface area contributed by atoms with Crippen LogP contribution in [0.3, 0.4) is 0 Å². The molecule has 0 N–H and O–H groups in total. The van der Waals surface area contributed by atoms with Gasteiger partial charge in [-0.1, -0.05) is 30.3 Å². The molecule has 0 aromatic heterocycles. The zero-order valence-corrected chi connectivity index (χ0v) is 15.8. The van der Waals surface area contributed by atoms with Crippen LogP contribution in [0.2, 0.25) is 0 Å². The number of benzene rings is 1. The molecule has 1 aliphatic heterocycles. The minimum Gasteiger partial charge on any atom is -0.444 e. The number of carbonyl (C=O) groups is 1. The Morgan fingerprint density at radius 3 is 2.40 bits per heavy atom. The average Bonchev–Trinajstić information content (AvgIpc) is 2.59. The molecule has 0 radical (unpaired) electrons. The summed E-state index contributed by atoms with van der Waals surface area (Å²) in [6.07, 6.45) is -0.246. The van der Waals surface area contributed by atoms with Crippen molar-refractivity contribution in [3.63, 3.8) is 0 Å². The van der Waals surface area contributed by atoms with Crippen LogP contribution in [0, 0.1) is 0 Å². The Labute approximate surface area is 150 Å². The molecule has 0 spiro atoms. The topological polar surface area (TPSA) is 57.2 Å². The van der Waals surface area contributed by atoms with Gasteiger partial charge in [0.25, 0.3) is 0 Å². The first kappa shape index (κ1) is 19.7. The summed E-state index contributed by atoms with van der Waals surface area (Å²) >= 11 is 0. The number of ether oxygens (including phenoxy) is 4. The summed E-state index contributed by atoms with van der Waals surface area (Å²) in [5.74, 6) is -0.868. The number of hydrogen-bond donors (Lipinski definition) is 0. The van der Waals surface area contributed by atoms with Crippen LogP contribution in [0.1, 0.15) is 32.8 Å². The molecule has 1 fully saturated rings. The highest BCUT2D eigenvalue weighted by Gasteiger charge is 2.46. The molecule has 1 unspecified atom stereocenters. The van der Waals surface area contributed by atoms with Crippen molar-refractivity contribution >= 4 is 6.09 Å². The van der Waals surface area contributed by atoms with Crippen LogP contribution >= 0.6 is 0 Å². The van der Waals surface area contributed by atoms with E-state index in [2.05, 4.69) is 0 Å². The molecule has 1 saturated heterocycles. The Bertz CT molecular complexity index is 551. The summed E-state index contributed by atoms with van der Waals surface area (Å²) in [5, 5.41) is 0. The number of likely N-dealkylation sites (tertiary alicyclic amines) is 1. The number of rotatable bonds is 5. The third-order valence-electron chi connectivity index (χ3n) is 4.24. The van der Waals surface area contributed by atoms with E-state index in [0.29, 0.717) is 26.1 Å². The summed E-state index contributed by atoms with van der Waals surface area (Å²) in [6.45, 7) is 6.82. The summed E-state index contributed by atoms with van der Waals surface area (Å²) in [5.41, 5.74) is 0.520. The van der Waals surface area contributed by atoms with Gasteiger partial charge in [-0.05, 0) is 26.3 Å². The maximum atomic E-state index is 12.4. The van der Waals surface area contributed by atoms with E-state index in [0.717, 1.165) is 5.56 Å². The van der Waals surface area contributed by atoms with Crippen molar-refractivity contribution in [2.24, 2.45) is 0 Å². The average molecular weight is 351 g/mol. The van der Waals surface area contributed by atoms with Crippen LogP contribution < -0.4 is 0 Å². The fourth-order valence-corrected chi connectivity index (χ4v) is 2.88. The third-order valence-corrected chi connectivity index (χ3v) is 4.24. The lowest BCUT2D eigenvalue weighted by atomic mass is 10.00. The molecule has 0 saturated carbocycles. The maximum absolute atomic E-state index is 12.4. The van der Waals surface area contributed by atoms with E-state index in [1.165, 1.54) is 0 Å². The van der Waals surface area contributed by atoms with Crippen molar-refractivity contribution in [1.29, 1.82) is 0 Å². The molecule has 1 aromatic rings. The van der Waals surface area contributed by atoms with E-state index < -0.39 is 17.5 Å². The molecular formula is C19H29NO5. The molecule has 0 aliphatic carbocycles. The molecule has 1 amide bonds. The fourth-order valence-electron chi connectivity index (χ4n) is 2.88. The largest absolute Gasteiger partial charge is 0.444 e. The second-order valence-corrected chi connectivity index (χ2v) is 7.18. The number of piperidine rings is 1. The molecule has 140 valence electrons. The molecule has 6 nitrogen and oxygen atoms in total. The van der Waals surface area contributed by atoms with Gasteiger partial charge in [0.05, 0.1) is 13.2 Å². The molecule has 1 heterocycles. The van der Waals surface area contributed by atoms with Crippen LogP contribution in [0.25, 0.3) is 0 Å². The first-order chi connectivity index (χ1) is 11.8. The van der Waals surface area contributed by atoms with Gasteiger partial charge < -0.3 is 23.8 Å². The van der Waals surface area contributed by atoms with Gasteiger partial charge in [0, 0.05) is 27.2 Å². The van der Waals surface area contributed by atoms with Crippen molar-refractivity contribution in [2.45, 2.75) is 51.3 Å². The first-order valence-electron chi connectivity index (χ1n) is 8.53. The molecule has 1 atom stereocenters.